The van der Waals surface area contributed by atoms with Gasteiger partial charge in [-0.25, -0.2) is 0 Å². The molecule has 1 aromatic rings. The van der Waals surface area contributed by atoms with Gasteiger partial charge in [-0.3, -0.25) is 9.58 Å². The van der Waals surface area contributed by atoms with Gasteiger partial charge in [-0.05, 0) is 54.5 Å². The first-order valence-corrected chi connectivity index (χ1v) is 7.94. The molecule has 0 amide bonds. The monoisotopic (exact) mass is 278 g/mol. The summed E-state index contributed by atoms with van der Waals surface area (Å²) in [6, 6.07) is 1.78. The van der Waals surface area contributed by atoms with Crippen molar-refractivity contribution >= 4 is 0 Å². The van der Waals surface area contributed by atoms with Crippen LogP contribution in [0.5, 0.6) is 0 Å². The Kier molecular flexibility index (Phi) is 4.86. The van der Waals surface area contributed by atoms with E-state index in [9.17, 15) is 0 Å². The lowest BCUT2D eigenvalue weighted by Gasteiger charge is -2.26. The van der Waals surface area contributed by atoms with E-state index in [4.69, 9.17) is 0 Å². The zero-order valence-corrected chi connectivity index (χ0v) is 13.9. The van der Waals surface area contributed by atoms with E-state index in [2.05, 4.69) is 61.7 Å². The molecule has 20 heavy (non-hydrogen) atoms. The molecule has 114 valence electrons. The Bertz CT molecular complexity index is 448. The molecule has 1 aromatic heterocycles. The number of aromatic nitrogens is 2. The van der Waals surface area contributed by atoms with E-state index in [1.165, 1.54) is 24.1 Å². The Morgan fingerprint density at radius 1 is 1.35 bits per heavy atom. The minimum Gasteiger partial charge on any atom is -0.309 e. The molecular weight excluding hydrogens is 248 g/mol. The van der Waals surface area contributed by atoms with Crippen LogP contribution in [-0.2, 0) is 6.54 Å². The van der Waals surface area contributed by atoms with Crippen LogP contribution in [0.15, 0.2) is 0 Å². The lowest BCUT2D eigenvalue weighted by Crippen LogP contribution is -2.40. The van der Waals surface area contributed by atoms with Gasteiger partial charge in [0.05, 0.1) is 5.69 Å². The summed E-state index contributed by atoms with van der Waals surface area (Å²) < 4.78 is 2.10. The molecule has 0 spiro atoms. The SMILES string of the molecule is CCn1nc(C)c(C(C)NCC(C)N(C)C2CC2)c1C. The molecule has 4 nitrogen and oxygen atoms in total. The number of rotatable bonds is 7. The maximum absolute atomic E-state index is 4.62. The Hall–Kier alpha value is -0.870. The molecule has 1 aliphatic carbocycles. The standard InChI is InChI=1S/C16H30N4/c1-7-20-14(5)16(13(4)18-20)12(3)17-10-11(2)19(6)15-8-9-15/h11-12,15,17H,7-10H2,1-6H3. The van der Waals surface area contributed by atoms with E-state index >= 15 is 0 Å². The van der Waals surface area contributed by atoms with Gasteiger partial charge in [0.25, 0.3) is 0 Å². The second-order valence-corrected chi connectivity index (χ2v) is 6.28. The highest BCUT2D eigenvalue weighted by molar-refractivity contribution is 5.27. The predicted molar refractivity (Wildman–Crippen MR) is 84.0 cm³/mol. The summed E-state index contributed by atoms with van der Waals surface area (Å²) in [6.45, 7) is 13.0. The highest BCUT2D eigenvalue weighted by atomic mass is 15.3. The van der Waals surface area contributed by atoms with Crippen molar-refractivity contribution in [2.75, 3.05) is 13.6 Å². The second kappa shape index (κ2) is 6.27. The summed E-state index contributed by atoms with van der Waals surface area (Å²) in [4.78, 5) is 2.51. The molecule has 1 N–H and O–H groups in total. The van der Waals surface area contributed by atoms with Crippen molar-refractivity contribution in [3.8, 4) is 0 Å². The first-order valence-electron chi connectivity index (χ1n) is 7.94. The molecular formula is C16H30N4. The fourth-order valence-electron chi connectivity index (χ4n) is 3.08. The minimum absolute atomic E-state index is 0.366. The largest absolute Gasteiger partial charge is 0.309 e. The van der Waals surface area contributed by atoms with Gasteiger partial charge in [-0.1, -0.05) is 0 Å². The smallest absolute Gasteiger partial charge is 0.0644 e. The van der Waals surface area contributed by atoms with Gasteiger partial charge in [-0.2, -0.15) is 5.10 Å². The van der Waals surface area contributed by atoms with Gasteiger partial charge in [0.15, 0.2) is 0 Å². The number of hydrogen-bond acceptors (Lipinski definition) is 3. The van der Waals surface area contributed by atoms with Crippen LogP contribution in [0.1, 0.15) is 56.6 Å². The van der Waals surface area contributed by atoms with Crippen molar-refractivity contribution in [2.45, 2.75) is 72.1 Å². The molecule has 0 radical (unpaired) electrons. The molecule has 2 atom stereocenters. The molecule has 0 aromatic carbocycles. The summed E-state index contributed by atoms with van der Waals surface area (Å²) in [6.07, 6.45) is 2.75. The van der Waals surface area contributed by atoms with Crippen LogP contribution < -0.4 is 5.32 Å². The number of nitrogens with one attached hydrogen (secondary N) is 1. The Morgan fingerprint density at radius 3 is 2.50 bits per heavy atom. The Morgan fingerprint density at radius 2 is 2.00 bits per heavy atom. The van der Waals surface area contributed by atoms with Gasteiger partial charge in [0.1, 0.15) is 0 Å². The van der Waals surface area contributed by atoms with Crippen molar-refractivity contribution in [3.63, 3.8) is 0 Å². The van der Waals surface area contributed by atoms with Gasteiger partial charge < -0.3 is 5.32 Å². The third-order valence-corrected chi connectivity index (χ3v) is 4.71. The first-order chi connectivity index (χ1) is 9.45. The van der Waals surface area contributed by atoms with Crippen molar-refractivity contribution in [1.82, 2.24) is 20.0 Å². The number of nitrogens with zero attached hydrogens (tertiary/aromatic N) is 3. The molecule has 1 fully saturated rings. The lowest BCUT2D eigenvalue weighted by molar-refractivity contribution is 0.237. The van der Waals surface area contributed by atoms with Gasteiger partial charge in [0.2, 0.25) is 0 Å². The fourth-order valence-corrected chi connectivity index (χ4v) is 3.08. The summed E-state index contributed by atoms with van der Waals surface area (Å²) in [5.74, 6) is 0. The van der Waals surface area contributed by atoms with E-state index in [-0.39, 0.29) is 0 Å². The van der Waals surface area contributed by atoms with Crippen molar-refractivity contribution in [3.05, 3.63) is 17.0 Å². The minimum atomic E-state index is 0.366. The van der Waals surface area contributed by atoms with Crippen LogP contribution in [0, 0.1) is 13.8 Å². The first kappa shape index (κ1) is 15.5. The predicted octanol–water partition coefficient (Wildman–Crippen LogP) is 2.65. The van der Waals surface area contributed by atoms with Gasteiger partial charge in [0, 0.05) is 42.5 Å². The van der Waals surface area contributed by atoms with E-state index in [0.717, 1.165) is 24.8 Å². The summed E-state index contributed by atoms with van der Waals surface area (Å²) >= 11 is 0. The van der Waals surface area contributed by atoms with E-state index in [1.807, 2.05) is 0 Å². The highest BCUT2D eigenvalue weighted by Gasteiger charge is 2.29. The van der Waals surface area contributed by atoms with E-state index < -0.39 is 0 Å². The lowest BCUT2D eigenvalue weighted by atomic mass is 10.1. The Balaban J connectivity index is 1.94. The molecule has 2 rings (SSSR count). The van der Waals surface area contributed by atoms with Crippen molar-refractivity contribution < 1.29 is 0 Å². The van der Waals surface area contributed by atoms with Crippen LogP contribution in [0.2, 0.25) is 0 Å². The summed E-state index contributed by atoms with van der Waals surface area (Å²) in [7, 11) is 2.25. The van der Waals surface area contributed by atoms with Crippen LogP contribution in [0.4, 0.5) is 0 Å². The molecule has 4 heteroatoms. The van der Waals surface area contributed by atoms with Crippen LogP contribution in [0.3, 0.4) is 0 Å². The highest BCUT2D eigenvalue weighted by Crippen LogP contribution is 2.27. The normalized spacial score (nSPS) is 18.6. The van der Waals surface area contributed by atoms with Crippen LogP contribution >= 0.6 is 0 Å². The quantitative estimate of drug-likeness (QED) is 0.832. The zero-order chi connectivity index (χ0) is 14.9. The van der Waals surface area contributed by atoms with Crippen molar-refractivity contribution in [2.24, 2.45) is 0 Å². The molecule has 0 bridgehead atoms. The molecule has 1 heterocycles. The maximum Gasteiger partial charge on any atom is 0.0644 e. The number of likely N-dealkylation sites (N-methyl/N-ethyl adjacent to an activating group) is 1. The summed E-state index contributed by atoms with van der Waals surface area (Å²) in [5, 5.41) is 8.30. The third-order valence-electron chi connectivity index (χ3n) is 4.71. The fraction of sp³-hybridized carbons (Fsp3) is 0.812. The zero-order valence-electron chi connectivity index (χ0n) is 13.9. The molecule has 2 unspecified atom stereocenters. The average molecular weight is 278 g/mol. The molecule has 1 saturated carbocycles. The number of aryl methyl sites for hydroxylation is 2. The number of hydrogen-bond donors (Lipinski definition) is 1. The van der Waals surface area contributed by atoms with E-state index in [0.29, 0.717) is 12.1 Å². The van der Waals surface area contributed by atoms with Gasteiger partial charge >= 0.3 is 0 Å². The maximum atomic E-state index is 4.62. The second-order valence-electron chi connectivity index (χ2n) is 6.28. The van der Waals surface area contributed by atoms with E-state index in [1.54, 1.807) is 0 Å². The molecule has 1 aliphatic rings. The van der Waals surface area contributed by atoms with Crippen LogP contribution in [-0.4, -0.2) is 40.4 Å². The van der Waals surface area contributed by atoms with Gasteiger partial charge in [-0.15, -0.1) is 0 Å². The third kappa shape index (κ3) is 3.23. The molecule has 0 saturated heterocycles. The Labute approximate surface area is 123 Å². The average Bonchev–Trinajstić information content (AvgIpc) is 3.21. The van der Waals surface area contributed by atoms with Crippen LogP contribution in [0.25, 0.3) is 0 Å². The topological polar surface area (TPSA) is 33.1 Å². The van der Waals surface area contributed by atoms with Crippen molar-refractivity contribution in [1.29, 1.82) is 0 Å². The summed E-state index contributed by atoms with van der Waals surface area (Å²) in [5.41, 5.74) is 3.83. The molecule has 0 aliphatic heterocycles.